The first-order valence-corrected chi connectivity index (χ1v) is 7.55. The normalized spacial score (nSPS) is 11.1. The van der Waals surface area contributed by atoms with Crippen LogP contribution < -0.4 is 9.47 Å². The van der Waals surface area contributed by atoms with Gasteiger partial charge >= 0.3 is 5.97 Å². The Morgan fingerprint density at radius 2 is 1.80 bits per heavy atom. The van der Waals surface area contributed by atoms with E-state index >= 15 is 0 Å². The molecular formula is C19H17NO5. The van der Waals surface area contributed by atoms with Gasteiger partial charge in [-0.1, -0.05) is 12.1 Å². The molecule has 0 bridgehead atoms. The number of methoxy groups -OCH3 is 1. The predicted molar refractivity (Wildman–Crippen MR) is 89.5 cm³/mol. The minimum absolute atomic E-state index is 0.288. The molecule has 0 saturated heterocycles. The Bertz CT molecular complexity index is 792. The first kappa shape index (κ1) is 18.0. The number of benzene rings is 2. The number of carbonyl (C=O) groups is 2. The Hall–Kier alpha value is -3.33. The minimum atomic E-state index is -0.948. The van der Waals surface area contributed by atoms with Crippen LogP contribution in [-0.4, -0.2) is 31.6 Å². The number of hydrogen-bond donors (Lipinski definition) is 0. The molecule has 2 aromatic carbocycles. The highest BCUT2D eigenvalue weighted by Crippen LogP contribution is 2.17. The van der Waals surface area contributed by atoms with Crippen LogP contribution in [0.15, 0.2) is 48.5 Å². The second-order valence-electron chi connectivity index (χ2n) is 5.12. The summed E-state index contributed by atoms with van der Waals surface area (Å²) in [6, 6.07) is 15.0. The monoisotopic (exact) mass is 339 g/mol. The zero-order valence-electron chi connectivity index (χ0n) is 13.9. The van der Waals surface area contributed by atoms with Crippen LogP contribution in [0.4, 0.5) is 0 Å². The van der Waals surface area contributed by atoms with Gasteiger partial charge in [-0.25, -0.2) is 4.79 Å². The van der Waals surface area contributed by atoms with Crippen LogP contribution >= 0.6 is 0 Å². The van der Waals surface area contributed by atoms with Gasteiger partial charge in [-0.3, -0.25) is 4.79 Å². The lowest BCUT2D eigenvalue weighted by molar-refractivity contribution is -0.148. The number of hydrogen-bond acceptors (Lipinski definition) is 6. The van der Waals surface area contributed by atoms with Crippen molar-refractivity contribution in [2.75, 3.05) is 13.7 Å². The summed E-state index contributed by atoms with van der Waals surface area (Å²) in [5, 5.41) is 8.97. The van der Waals surface area contributed by atoms with E-state index in [1.807, 2.05) is 6.07 Å². The summed E-state index contributed by atoms with van der Waals surface area (Å²) < 4.78 is 15.4. The van der Waals surface area contributed by atoms with Crippen LogP contribution in [0, 0.1) is 11.3 Å². The molecule has 0 aliphatic carbocycles. The molecule has 0 aliphatic rings. The van der Waals surface area contributed by atoms with Crippen molar-refractivity contribution in [1.82, 2.24) is 0 Å². The van der Waals surface area contributed by atoms with Gasteiger partial charge in [0.05, 0.1) is 12.7 Å². The van der Waals surface area contributed by atoms with Crippen molar-refractivity contribution in [3.63, 3.8) is 0 Å². The van der Waals surface area contributed by atoms with Crippen molar-refractivity contribution in [3.8, 4) is 17.6 Å². The van der Waals surface area contributed by atoms with Gasteiger partial charge < -0.3 is 14.2 Å². The molecule has 0 unspecified atom stereocenters. The average Bonchev–Trinajstić information content (AvgIpc) is 2.66. The van der Waals surface area contributed by atoms with E-state index in [2.05, 4.69) is 0 Å². The molecule has 2 rings (SSSR count). The van der Waals surface area contributed by atoms with Crippen molar-refractivity contribution < 1.29 is 23.8 Å². The number of esters is 1. The zero-order valence-corrected chi connectivity index (χ0v) is 13.9. The third kappa shape index (κ3) is 4.82. The van der Waals surface area contributed by atoms with E-state index in [1.165, 1.54) is 14.0 Å². The Morgan fingerprint density at radius 3 is 2.44 bits per heavy atom. The Kier molecular flexibility index (Phi) is 6.13. The van der Waals surface area contributed by atoms with Gasteiger partial charge in [0.2, 0.25) is 5.78 Å². The van der Waals surface area contributed by atoms with Gasteiger partial charge in [0, 0.05) is 5.56 Å². The van der Waals surface area contributed by atoms with E-state index in [1.54, 1.807) is 48.5 Å². The number of Topliss-reactive ketones (excluding diaryl/α,β-unsaturated/α-hetero) is 1. The molecular weight excluding hydrogens is 322 g/mol. The molecule has 0 amide bonds. The van der Waals surface area contributed by atoms with Crippen LogP contribution in [0.2, 0.25) is 0 Å². The quantitative estimate of drug-likeness (QED) is 0.569. The van der Waals surface area contributed by atoms with Gasteiger partial charge in [-0.05, 0) is 43.3 Å². The number of rotatable bonds is 7. The molecule has 0 fully saturated rings. The Labute approximate surface area is 145 Å². The summed E-state index contributed by atoms with van der Waals surface area (Å²) >= 11 is 0. The molecule has 0 aliphatic heterocycles. The summed E-state index contributed by atoms with van der Waals surface area (Å²) in [6.07, 6.45) is -0.948. The summed E-state index contributed by atoms with van der Waals surface area (Å²) in [4.78, 5) is 24.1. The molecule has 2 aromatic rings. The number of ketones is 1. The second-order valence-corrected chi connectivity index (χ2v) is 5.12. The van der Waals surface area contributed by atoms with Crippen molar-refractivity contribution >= 4 is 11.8 Å². The maximum absolute atomic E-state index is 12.3. The molecule has 0 radical (unpaired) electrons. The van der Waals surface area contributed by atoms with Crippen molar-refractivity contribution in [2.24, 2.45) is 0 Å². The first-order chi connectivity index (χ1) is 12.0. The van der Waals surface area contributed by atoms with Gasteiger partial charge in [0.15, 0.2) is 12.7 Å². The highest BCUT2D eigenvalue weighted by atomic mass is 16.6. The van der Waals surface area contributed by atoms with Crippen molar-refractivity contribution in [1.29, 1.82) is 5.26 Å². The fourth-order valence-corrected chi connectivity index (χ4v) is 2.10. The van der Waals surface area contributed by atoms with E-state index in [4.69, 9.17) is 19.5 Å². The Morgan fingerprint density at radius 1 is 1.12 bits per heavy atom. The molecule has 25 heavy (non-hydrogen) atoms. The molecule has 0 N–H and O–H groups in total. The Balaban J connectivity index is 1.90. The average molecular weight is 339 g/mol. The molecule has 1 atom stereocenters. The van der Waals surface area contributed by atoms with E-state index in [0.29, 0.717) is 16.9 Å². The highest BCUT2D eigenvalue weighted by Gasteiger charge is 2.20. The zero-order chi connectivity index (χ0) is 18.2. The lowest BCUT2D eigenvalue weighted by atomic mass is 10.1. The molecule has 0 spiro atoms. The predicted octanol–water partition coefficient (Wildman–Crippen LogP) is 2.76. The van der Waals surface area contributed by atoms with Crippen molar-refractivity contribution in [2.45, 2.75) is 13.0 Å². The van der Waals surface area contributed by atoms with E-state index < -0.39 is 12.1 Å². The topological polar surface area (TPSA) is 85.6 Å². The van der Waals surface area contributed by atoms with E-state index in [-0.39, 0.29) is 18.1 Å². The van der Waals surface area contributed by atoms with E-state index in [0.717, 1.165) is 0 Å². The fourth-order valence-electron chi connectivity index (χ4n) is 2.10. The number of para-hydroxylation sites is 1. The van der Waals surface area contributed by atoms with Crippen LogP contribution in [0.25, 0.3) is 0 Å². The molecule has 0 aromatic heterocycles. The number of nitriles is 1. The largest absolute Gasteiger partial charge is 0.497 e. The van der Waals surface area contributed by atoms with Crippen LogP contribution in [0.1, 0.15) is 22.8 Å². The molecule has 6 heteroatoms. The molecule has 0 saturated carbocycles. The van der Waals surface area contributed by atoms with Crippen LogP contribution in [0.5, 0.6) is 11.5 Å². The third-order valence-corrected chi connectivity index (χ3v) is 3.41. The van der Waals surface area contributed by atoms with Gasteiger partial charge in [-0.15, -0.1) is 0 Å². The maximum Gasteiger partial charge on any atom is 0.344 e. The van der Waals surface area contributed by atoms with E-state index in [9.17, 15) is 9.59 Å². The number of nitrogens with zero attached hydrogens (tertiary/aromatic N) is 1. The van der Waals surface area contributed by atoms with Crippen LogP contribution in [0.3, 0.4) is 0 Å². The summed E-state index contributed by atoms with van der Waals surface area (Å²) in [5.41, 5.74) is 0.731. The summed E-state index contributed by atoms with van der Waals surface area (Å²) in [6.45, 7) is 1.10. The lowest BCUT2D eigenvalue weighted by Gasteiger charge is -2.13. The fraction of sp³-hybridized carbons (Fsp3) is 0.211. The number of carbonyl (C=O) groups excluding carboxylic acids is 2. The van der Waals surface area contributed by atoms with Crippen LogP contribution in [-0.2, 0) is 9.53 Å². The summed E-state index contributed by atoms with van der Waals surface area (Å²) in [5.74, 6) is -0.0997. The third-order valence-electron chi connectivity index (χ3n) is 3.41. The molecule has 128 valence electrons. The van der Waals surface area contributed by atoms with Crippen molar-refractivity contribution in [3.05, 3.63) is 59.7 Å². The van der Waals surface area contributed by atoms with Gasteiger partial charge in [0.1, 0.15) is 17.6 Å². The molecule has 6 nitrogen and oxygen atoms in total. The SMILES string of the molecule is COc1ccc(C(=O)[C@H](C)OC(=O)COc2ccccc2C#N)cc1. The molecule has 0 heterocycles. The standard InChI is InChI=1S/C19H17NO5/c1-13(19(22)14-7-9-16(23-2)10-8-14)25-18(21)12-24-17-6-4-3-5-15(17)11-20/h3-10,13H,12H2,1-2H3/t13-/m0/s1. The first-order valence-electron chi connectivity index (χ1n) is 7.55. The minimum Gasteiger partial charge on any atom is -0.497 e. The maximum atomic E-state index is 12.3. The van der Waals surface area contributed by atoms with Gasteiger partial charge in [-0.2, -0.15) is 5.26 Å². The second kappa shape index (κ2) is 8.50. The number of ether oxygens (including phenoxy) is 3. The van der Waals surface area contributed by atoms with Gasteiger partial charge in [0.25, 0.3) is 0 Å². The summed E-state index contributed by atoms with van der Waals surface area (Å²) in [7, 11) is 1.53. The smallest absolute Gasteiger partial charge is 0.344 e. The highest BCUT2D eigenvalue weighted by molar-refractivity contribution is 6.00. The lowest BCUT2D eigenvalue weighted by Crippen LogP contribution is -2.27.